The van der Waals surface area contributed by atoms with Gasteiger partial charge >= 0.3 is 12.1 Å². The maximum Gasteiger partial charge on any atom is 0.417 e. The summed E-state index contributed by atoms with van der Waals surface area (Å²) in [5.41, 5.74) is -1.41. The predicted molar refractivity (Wildman–Crippen MR) is 83.0 cm³/mol. The molecule has 2 aromatic rings. The summed E-state index contributed by atoms with van der Waals surface area (Å²) in [6.45, 7) is 3.09. The van der Waals surface area contributed by atoms with Crippen molar-refractivity contribution < 1.29 is 27.1 Å². The first-order valence-corrected chi connectivity index (χ1v) is 7.89. The summed E-state index contributed by atoms with van der Waals surface area (Å²) in [5.74, 6) is -0.320. The molecule has 0 aliphatic rings. The first kappa shape index (κ1) is 18.9. The number of aromatic nitrogens is 1. The lowest BCUT2D eigenvalue weighted by Gasteiger charge is -2.14. The summed E-state index contributed by atoms with van der Waals surface area (Å²) >= 11 is 0.945. The summed E-state index contributed by atoms with van der Waals surface area (Å²) in [7, 11) is 1.21. The molecular weight excluding hydrogens is 357 g/mol. The van der Waals surface area contributed by atoms with Crippen molar-refractivity contribution in [3.8, 4) is 6.07 Å². The molecule has 0 spiro atoms. The first-order chi connectivity index (χ1) is 11.7. The van der Waals surface area contributed by atoms with Gasteiger partial charge in [-0.05, 0) is 32.0 Å². The van der Waals surface area contributed by atoms with Crippen LogP contribution in [0.4, 0.5) is 13.2 Å². The molecule has 2 rings (SSSR count). The van der Waals surface area contributed by atoms with Crippen molar-refractivity contribution in [2.75, 3.05) is 7.11 Å². The Labute approximate surface area is 145 Å². The number of ether oxygens (including phenoxy) is 1. The average molecular weight is 370 g/mol. The van der Waals surface area contributed by atoms with E-state index < -0.39 is 28.5 Å². The number of carbonyl (C=O) groups excluding carboxylic acids is 1. The molecule has 1 atom stereocenters. The van der Waals surface area contributed by atoms with E-state index in [1.807, 2.05) is 0 Å². The quantitative estimate of drug-likeness (QED) is 0.582. The van der Waals surface area contributed by atoms with Crippen molar-refractivity contribution >= 4 is 17.7 Å². The second-order valence-corrected chi connectivity index (χ2v) is 6.38. The molecule has 0 saturated carbocycles. The second-order valence-electron chi connectivity index (χ2n) is 5.05. The van der Waals surface area contributed by atoms with Crippen molar-refractivity contribution in [2.24, 2.45) is 0 Å². The van der Waals surface area contributed by atoms with E-state index in [0.29, 0.717) is 5.76 Å². The SMILES string of the molecule is COC(=O)c1ccc(C(C)Sc2nc(C)cc(C(F)(F)F)c2C#N)o1. The molecule has 0 N–H and O–H groups in total. The largest absolute Gasteiger partial charge is 0.463 e. The van der Waals surface area contributed by atoms with Gasteiger partial charge in [-0.2, -0.15) is 18.4 Å². The molecule has 132 valence electrons. The van der Waals surface area contributed by atoms with Gasteiger partial charge < -0.3 is 9.15 Å². The molecule has 9 heteroatoms. The van der Waals surface area contributed by atoms with Crippen molar-refractivity contribution in [1.29, 1.82) is 5.26 Å². The number of rotatable bonds is 4. The van der Waals surface area contributed by atoms with E-state index in [1.54, 1.807) is 13.0 Å². The number of pyridine rings is 1. The van der Waals surface area contributed by atoms with Gasteiger partial charge in [0.2, 0.25) is 5.76 Å². The smallest absolute Gasteiger partial charge is 0.417 e. The lowest BCUT2D eigenvalue weighted by atomic mass is 10.1. The van der Waals surface area contributed by atoms with E-state index in [-0.39, 0.29) is 16.5 Å². The van der Waals surface area contributed by atoms with E-state index in [1.165, 1.54) is 26.2 Å². The van der Waals surface area contributed by atoms with E-state index >= 15 is 0 Å². The Morgan fingerprint density at radius 2 is 2.12 bits per heavy atom. The molecule has 0 amide bonds. The number of esters is 1. The summed E-state index contributed by atoms with van der Waals surface area (Å²) < 4.78 is 49.3. The van der Waals surface area contributed by atoms with Gasteiger partial charge in [0.25, 0.3) is 0 Å². The minimum Gasteiger partial charge on any atom is -0.463 e. The van der Waals surface area contributed by atoms with Crippen molar-refractivity contribution in [3.05, 3.63) is 46.5 Å². The number of hydrogen-bond acceptors (Lipinski definition) is 6. The number of nitrogens with zero attached hydrogens (tertiary/aromatic N) is 2. The third-order valence-corrected chi connectivity index (χ3v) is 4.34. The molecule has 2 aromatic heterocycles. The van der Waals surface area contributed by atoms with E-state index in [4.69, 9.17) is 9.68 Å². The van der Waals surface area contributed by atoms with Gasteiger partial charge in [-0.15, -0.1) is 0 Å². The lowest BCUT2D eigenvalue weighted by Crippen LogP contribution is -2.10. The highest BCUT2D eigenvalue weighted by Gasteiger charge is 2.36. The highest BCUT2D eigenvalue weighted by atomic mass is 32.2. The Bertz CT molecular complexity index is 840. The molecule has 0 aliphatic heterocycles. The van der Waals surface area contributed by atoms with Crippen LogP contribution in [-0.2, 0) is 10.9 Å². The number of hydrogen-bond donors (Lipinski definition) is 0. The zero-order chi connectivity index (χ0) is 18.8. The second kappa shape index (κ2) is 7.19. The van der Waals surface area contributed by atoms with Gasteiger partial charge in [-0.25, -0.2) is 9.78 Å². The minimum absolute atomic E-state index is 0.0151. The Balaban J connectivity index is 2.37. The average Bonchev–Trinajstić information content (AvgIpc) is 3.03. The molecule has 0 aliphatic carbocycles. The Morgan fingerprint density at radius 1 is 1.44 bits per heavy atom. The summed E-state index contributed by atoms with van der Waals surface area (Å²) in [5, 5.41) is 8.64. The monoisotopic (exact) mass is 370 g/mol. The molecule has 0 saturated heterocycles. The molecule has 25 heavy (non-hydrogen) atoms. The van der Waals surface area contributed by atoms with Gasteiger partial charge in [0.1, 0.15) is 16.9 Å². The van der Waals surface area contributed by atoms with Crippen molar-refractivity contribution in [2.45, 2.75) is 30.3 Å². The standard InChI is InChI=1S/C16H13F3N2O3S/c1-8-6-11(16(17,18)19)10(7-20)14(21-8)25-9(2)12-4-5-13(24-12)15(22)23-3/h4-6,9H,1-3H3. The number of halogens is 3. The molecule has 1 unspecified atom stereocenters. The Morgan fingerprint density at radius 3 is 2.68 bits per heavy atom. The van der Waals surface area contributed by atoms with Crippen LogP contribution in [0.3, 0.4) is 0 Å². The van der Waals surface area contributed by atoms with Gasteiger partial charge in [-0.3, -0.25) is 0 Å². The highest BCUT2D eigenvalue weighted by molar-refractivity contribution is 7.99. The Hall–Kier alpha value is -2.47. The van der Waals surface area contributed by atoms with Crippen LogP contribution in [0.2, 0.25) is 0 Å². The van der Waals surface area contributed by atoms with Crippen LogP contribution in [0, 0.1) is 18.3 Å². The number of furan rings is 1. The van der Waals surface area contributed by atoms with Crippen LogP contribution in [0.25, 0.3) is 0 Å². The maximum atomic E-state index is 13.1. The third-order valence-electron chi connectivity index (χ3n) is 3.23. The van der Waals surface area contributed by atoms with Gasteiger partial charge in [0.05, 0.1) is 23.5 Å². The van der Waals surface area contributed by atoms with Crippen LogP contribution in [0.15, 0.2) is 27.6 Å². The van der Waals surface area contributed by atoms with E-state index in [0.717, 1.165) is 17.8 Å². The fourth-order valence-corrected chi connectivity index (χ4v) is 3.12. The number of carbonyl (C=O) groups is 1. The van der Waals surface area contributed by atoms with Crippen molar-refractivity contribution in [3.63, 3.8) is 0 Å². The molecular formula is C16H13F3N2O3S. The van der Waals surface area contributed by atoms with Crippen LogP contribution in [0.1, 0.15) is 45.3 Å². The first-order valence-electron chi connectivity index (χ1n) is 7.01. The molecule has 0 bridgehead atoms. The zero-order valence-corrected chi connectivity index (χ0v) is 14.3. The highest BCUT2D eigenvalue weighted by Crippen LogP contribution is 2.40. The summed E-state index contributed by atoms with van der Waals surface area (Å²) in [4.78, 5) is 15.5. The van der Waals surface area contributed by atoms with Crippen molar-refractivity contribution in [1.82, 2.24) is 4.98 Å². The predicted octanol–water partition coefficient (Wildman–Crippen LogP) is 4.51. The third kappa shape index (κ3) is 4.14. The number of methoxy groups -OCH3 is 1. The Kier molecular flexibility index (Phi) is 5.42. The van der Waals surface area contributed by atoms with Gasteiger partial charge in [-0.1, -0.05) is 11.8 Å². The number of alkyl halides is 3. The lowest BCUT2D eigenvalue weighted by molar-refractivity contribution is -0.138. The van der Waals surface area contributed by atoms with Gasteiger partial charge in [0.15, 0.2) is 0 Å². The molecule has 2 heterocycles. The van der Waals surface area contributed by atoms with Crippen LogP contribution >= 0.6 is 11.8 Å². The fraction of sp³-hybridized carbons (Fsp3) is 0.312. The number of thioether (sulfide) groups is 1. The van der Waals surface area contributed by atoms with Crippen LogP contribution < -0.4 is 0 Å². The fourth-order valence-electron chi connectivity index (χ4n) is 2.07. The summed E-state index contributed by atoms with van der Waals surface area (Å²) in [6.07, 6.45) is -4.65. The molecule has 0 fully saturated rings. The zero-order valence-electron chi connectivity index (χ0n) is 13.5. The minimum atomic E-state index is -4.65. The maximum absolute atomic E-state index is 13.1. The molecule has 0 radical (unpaired) electrons. The molecule has 0 aromatic carbocycles. The summed E-state index contributed by atoms with van der Waals surface area (Å²) in [6, 6.07) is 5.36. The normalized spacial score (nSPS) is 12.5. The molecule has 5 nitrogen and oxygen atoms in total. The van der Waals surface area contributed by atoms with Gasteiger partial charge in [0, 0.05) is 5.69 Å². The van der Waals surface area contributed by atoms with E-state index in [2.05, 4.69) is 9.72 Å². The van der Waals surface area contributed by atoms with Crippen LogP contribution in [0.5, 0.6) is 0 Å². The van der Waals surface area contributed by atoms with Crippen LogP contribution in [-0.4, -0.2) is 18.1 Å². The number of aryl methyl sites for hydroxylation is 1. The topological polar surface area (TPSA) is 76.1 Å². The van der Waals surface area contributed by atoms with E-state index in [9.17, 15) is 18.0 Å². The number of nitriles is 1.